The Bertz CT molecular complexity index is 552. The van der Waals surface area contributed by atoms with Crippen molar-refractivity contribution in [3.8, 4) is 10.6 Å². The molecule has 5 heteroatoms. The zero-order chi connectivity index (χ0) is 13.1. The molecule has 0 saturated heterocycles. The highest BCUT2D eigenvalue weighted by Crippen LogP contribution is 2.36. The van der Waals surface area contributed by atoms with Crippen molar-refractivity contribution in [2.45, 2.75) is 25.3 Å². The predicted octanol–water partition coefficient (Wildman–Crippen LogP) is 3.83. The number of aryl methyl sites for hydroxylation is 1. The number of rotatable bonds is 4. The highest BCUT2D eigenvalue weighted by atomic mass is 32.2. The van der Waals surface area contributed by atoms with Crippen LogP contribution in [0.5, 0.6) is 0 Å². The third kappa shape index (κ3) is 2.58. The van der Waals surface area contributed by atoms with Gasteiger partial charge >= 0.3 is 0 Å². The molecule has 0 radical (unpaired) electrons. The van der Waals surface area contributed by atoms with Crippen LogP contribution in [-0.4, -0.2) is 10.7 Å². The molecule has 0 aliphatic carbocycles. The van der Waals surface area contributed by atoms with Gasteiger partial charge in [0.2, 0.25) is 0 Å². The van der Waals surface area contributed by atoms with Crippen LogP contribution in [0, 0.1) is 12.7 Å². The van der Waals surface area contributed by atoms with Crippen LogP contribution in [0.2, 0.25) is 0 Å². The van der Waals surface area contributed by atoms with E-state index in [1.807, 2.05) is 13.0 Å². The maximum absolute atomic E-state index is 14.0. The Morgan fingerprint density at radius 1 is 1.44 bits per heavy atom. The second-order valence-electron chi connectivity index (χ2n) is 3.78. The summed E-state index contributed by atoms with van der Waals surface area (Å²) in [6, 6.07) is 5.15. The van der Waals surface area contributed by atoms with Crippen LogP contribution in [0.4, 0.5) is 4.39 Å². The van der Waals surface area contributed by atoms with Gasteiger partial charge in [0, 0.05) is 16.3 Å². The van der Waals surface area contributed by atoms with Crippen LogP contribution in [0.3, 0.4) is 0 Å². The molecule has 0 unspecified atom stereocenters. The second kappa shape index (κ2) is 5.82. The molecule has 96 valence electrons. The summed E-state index contributed by atoms with van der Waals surface area (Å²) in [4.78, 5) is 6.39. The molecule has 0 spiro atoms. The summed E-state index contributed by atoms with van der Waals surface area (Å²) in [5.41, 5.74) is 7.15. The Morgan fingerprint density at radius 3 is 2.83 bits per heavy atom. The molecule has 1 aromatic heterocycles. The van der Waals surface area contributed by atoms with Gasteiger partial charge in [0.1, 0.15) is 10.8 Å². The molecule has 0 fully saturated rings. The normalized spacial score (nSPS) is 10.9. The maximum atomic E-state index is 14.0. The van der Waals surface area contributed by atoms with E-state index in [0.29, 0.717) is 12.1 Å². The third-order valence-electron chi connectivity index (χ3n) is 2.57. The van der Waals surface area contributed by atoms with Crippen LogP contribution in [-0.2, 0) is 6.54 Å². The summed E-state index contributed by atoms with van der Waals surface area (Å²) < 4.78 is 14.0. The lowest BCUT2D eigenvalue weighted by atomic mass is 10.2. The molecule has 0 bridgehead atoms. The minimum Gasteiger partial charge on any atom is -0.326 e. The van der Waals surface area contributed by atoms with Crippen LogP contribution in [0.25, 0.3) is 10.6 Å². The summed E-state index contributed by atoms with van der Waals surface area (Å²) >= 11 is 3.11. The Labute approximate surface area is 114 Å². The molecule has 2 rings (SSSR count). The van der Waals surface area contributed by atoms with Gasteiger partial charge < -0.3 is 5.73 Å². The number of hydrogen-bond donors (Lipinski definition) is 1. The smallest absolute Gasteiger partial charge is 0.134 e. The second-order valence-corrected chi connectivity index (χ2v) is 6.17. The molecule has 2 aromatic rings. The van der Waals surface area contributed by atoms with E-state index < -0.39 is 0 Å². The number of thioether (sulfide) groups is 1. The van der Waals surface area contributed by atoms with Crippen molar-refractivity contribution in [2.75, 3.05) is 5.75 Å². The van der Waals surface area contributed by atoms with Gasteiger partial charge in [-0.2, -0.15) is 0 Å². The minimum absolute atomic E-state index is 0.217. The number of hydrogen-bond acceptors (Lipinski definition) is 4. The van der Waals surface area contributed by atoms with Gasteiger partial charge in [-0.3, -0.25) is 0 Å². The van der Waals surface area contributed by atoms with Gasteiger partial charge in [0.05, 0.1) is 11.3 Å². The highest BCUT2D eigenvalue weighted by molar-refractivity contribution is 7.99. The first-order chi connectivity index (χ1) is 8.67. The average molecular weight is 282 g/mol. The summed E-state index contributed by atoms with van der Waals surface area (Å²) in [6.07, 6.45) is 0. The fourth-order valence-electron chi connectivity index (χ4n) is 1.71. The van der Waals surface area contributed by atoms with E-state index in [4.69, 9.17) is 5.73 Å². The molecule has 0 saturated carbocycles. The van der Waals surface area contributed by atoms with Crippen molar-refractivity contribution >= 4 is 23.1 Å². The molecule has 1 aromatic carbocycles. The Hall–Kier alpha value is -0.910. The molecule has 0 amide bonds. The van der Waals surface area contributed by atoms with Crippen molar-refractivity contribution in [1.29, 1.82) is 0 Å². The molecule has 2 nitrogen and oxygen atoms in total. The summed E-state index contributed by atoms with van der Waals surface area (Å²) in [7, 11) is 0. The number of nitrogens with two attached hydrogens (primary N) is 1. The van der Waals surface area contributed by atoms with Crippen LogP contribution < -0.4 is 5.73 Å². The van der Waals surface area contributed by atoms with E-state index in [1.54, 1.807) is 17.8 Å². The van der Waals surface area contributed by atoms with Crippen molar-refractivity contribution in [3.63, 3.8) is 0 Å². The highest BCUT2D eigenvalue weighted by Gasteiger charge is 2.16. The van der Waals surface area contributed by atoms with E-state index in [2.05, 4.69) is 11.9 Å². The van der Waals surface area contributed by atoms with Crippen molar-refractivity contribution in [2.24, 2.45) is 5.73 Å². The SMILES string of the molecule is CCSc1cccc(F)c1-c1nc(C)c(CN)s1. The molecule has 18 heavy (non-hydrogen) atoms. The fraction of sp³-hybridized carbons (Fsp3) is 0.308. The van der Waals surface area contributed by atoms with Gasteiger partial charge in [-0.15, -0.1) is 23.1 Å². The van der Waals surface area contributed by atoms with Gasteiger partial charge in [0.25, 0.3) is 0 Å². The number of thiazole rings is 1. The monoisotopic (exact) mass is 282 g/mol. The quantitative estimate of drug-likeness (QED) is 0.866. The van der Waals surface area contributed by atoms with E-state index >= 15 is 0 Å². The Balaban J connectivity index is 2.54. The minimum atomic E-state index is -0.217. The van der Waals surface area contributed by atoms with Crippen LogP contribution >= 0.6 is 23.1 Å². The van der Waals surface area contributed by atoms with Crippen molar-refractivity contribution in [1.82, 2.24) is 4.98 Å². The Kier molecular flexibility index (Phi) is 4.37. The summed E-state index contributed by atoms with van der Waals surface area (Å²) in [5.74, 6) is 0.690. The molecule has 0 atom stereocenters. The lowest BCUT2D eigenvalue weighted by molar-refractivity contribution is 0.628. The molecular formula is C13H15FN2S2. The average Bonchev–Trinajstić information content (AvgIpc) is 2.71. The van der Waals surface area contributed by atoms with E-state index in [-0.39, 0.29) is 5.82 Å². The van der Waals surface area contributed by atoms with Crippen molar-refractivity contribution < 1.29 is 4.39 Å². The van der Waals surface area contributed by atoms with Crippen LogP contribution in [0.15, 0.2) is 23.1 Å². The molecule has 0 aliphatic rings. The maximum Gasteiger partial charge on any atom is 0.134 e. The molecule has 1 heterocycles. The zero-order valence-corrected chi connectivity index (χ0v) is 12.0. The molecular weight excluding hydrogens is 267 g/mol. The topological polar surface area (TPSA) is 38.9 Å². The number of nitrogens with zero attached hydrogens (tertiary/aromatic N) is 1. The van der Waals surface area contributed by atoms with Crippen LogP contribution in [0.1, 0.15) is 17.5 Å². The van der Waals surface area contributed by atoms with Gasteiger partial charge in [-0.05, 0) is 24.8 Å². The van der Waals surface area contributed by atoms with Gasteiger partial charge in [-0.25, -0.2) is 9.37 Å². The first kappa shape index (κ1) is 13.5. The lowest BCUT2D eigenvalue weighted by Crippen LogP contribution is -1.94. The number of benzene rings is 1. The van der Waals surface area contributed by atoms with Crippen molar-refractivity contribution in [3.05, 3.63) is 34.6 Å². The summed E-state index contributed by atoms with van der Waals surface area (Å²) in [6.45, 7) is 4.42. The standard InChI is InChI=1S/C13H15FN2S2/c1-3-17-10-6-4-5-9(14)12(10)13-16-8(2)11(7-15)18-13/h4-6H,3,7,15H2,1-2H3. The number of aromatic nitrogens is 1. The van der Waals surface area contributed by atoms with E-state index in [1.165, 1.54) is 17.4 Å². The largest absolute Gasteiger partial charge is 0.326 e. The zero-order valence-electron chi connectivity index (χ0n) is 10.4. The van der Waals surface area contributed by atoms with E-state index in [0.717, 1.165) is 26.2 Å². The predicted molar refractivity (Wildman–Crippen MR) is 76.5 cm³/mol. The van der Waals surface area contributed by atoms with E-state index in [9.17, 15) is 4.39 Å². The molecule has 0 aliphatic heterocycles. The number of halogens is 1. The first-order valence-corrected chi connectivity index (χ1v) is 7.55. The first-order valence-electron chi connectivity index (χ1n) is 5.75. The lowest BCUT2D eigenvalue weighted by Gasteiger charge is -2.06. The Morgan fingerprint density at radius 2 is 2.22 bits per heavy atom. The van der Waals surface area contributed by atoms with Gasteiger partial charge in [-0.1, -0.05) is 13.0 Å². The molecule has 2 N–H and O–H groups in total. The fourth-order valence-corrected chi connectivity index (χ4v) is 3.60. The summed E-state index contributed by atoms with van der Waals surface area (Å²) in [5, 5.41) is 0.724. The third-order valence-corrected chi connectivity index (χ3v) is 4.70. The van der Waals surface area contributed by atoms with Gasteiger partial charge in [0.15, 0.2) is 0 Å².